The smallest absolute Gasteiger partial charge is 0.139 e. The molecule has 2 aromatic rings. The van der Waals surface area contributed by atoms with Gasteiger partial charge in [0.1, 0.15) is 11.4 Å². The Morgan fingerprint density at radius 2 is 2.15 bits per heavy atom. The summed E-state index contributed by atoms with van der Waals surface area (Å²) in [6.07, 6.45) is 5.92. The Morgan fingerprint density at radius 3 is 2.95 bits per heavy atom. The number of nitrogens with zero attached hydrogens (tertiary/aromatic N) is 2. The number of piperidine rings is 1. The first-order valence-electron chi connectivity index (χ1n) is 7.06. The number of fused-ring (bicyclic) bond motifs is 1. The molecule has 20 heavy (non-hydrogen) atoms. The lowest BCUT2D eigenvalue weighted by atomic mass is 10.1. The van der Waals surface area contributed by atoms with Crippen LogP contribution in [0.3, 0.4) is 0 Å². The van der Waals surface area contributed by atoms with Gasteiger partial charge in [-0.25, -0.2) is 4.98 Å². The molecule has 1 saturated heterocycles. The number of hydrogen-bond donors (Lipinski definition) is 0. The molecule has 3 heterocycles. The van der Waals surface area contributed by atoms with Gasteiger partial charge in [0.2, 0.25) is 0 Å². The molecule has 0 spiro atoms. The van der Waals surface area contributed by atoms with Crippen molar-refractivity contribution in [2.45, 2.75) is 18.9 Å². The number of hydrogen-bond acceptors (Lipinski definition) is 5. The van der Waals surface area contributed by atoms with Crippen molar-refractivity contribution in [2.24, 2.45) is 0 Å². The highest BCUT2D eigenvalue weighted by molar-refractivity contribution is 5.88. The fourth-order valence-corrected chi connectivity index (χ4v) is 2.66. The second-order valence-corrected chi connectivity index (χ2v) is 5.02. The Labute approximate surface area is 118 Å². The second kappa shape index (κ2) is 6.24. The number of pyridine rings is 1. The van der Waals surface area contributed by atoms with Crippen LogP contribution in [0.25, 0.3) is 11.0 Å². The molecule has 1 aliphatic rings. The molecule has 5 heteroatoms. The summed E-state index contributed by atoms with van der Waals surface area (Å²) < 4.78 is 16.2. The molecule has 0 aromatic carbocycles. The molecule has 0 amide bonds. The summed E-state index contributed by atoms with van der Waals surface area (Å²) in [5.41, 5.74) is 0.897. The van der Waals surface area contributed by atoms with Gasteiger partial charge in [0.25, 0.3) is 0 Å². The second-order valence-electron chi connectivity index (χ2n) is 5.02. The topological polar surface area (TPSA) is 47.7 Å². The third-order valence-electron chi connectivity index (χ3n) is 3.74. The molecule has 0 radical (unpaired) electrons. The average molecular weight is 276 g/mol. The Balaban J connectivity index is 1.62. The Morgan fingerprint density at radius 1 is 1.30 bits per heavy atom. The van der Waals surface area contributed by atoms with Crippen LogP contribution in [-0.4, -0.2) is 44.5 Å². The average Bonchev–Trinajstić information content (AvgIpc) is 2.97. The number of rotatable bonds is 5. The van der Waals surface area contributed by atoms with Crippen molar-refractivity contribution < 1.29 is 13.9 Å². The summed E-state index contributed by atoms with van der Waals surface area (Å²) in [7, 11) is 1.70. The number of furan rings is 1. The maximum atomic E-state index is 5.79. The van der Waals surface area contributed by atoms with Crippen molar-refractivity contribution in [3.8, 4) is 0 Å². The number of anilines is 1. The van der Waals surface area contributed by atoms with E-state index in [-0.39, 0.29) is 0 Å². The molecule has 3 rings (SSSR count). The van der Waals surface area contributed by atoms with Gasteiger partial charge in [-0.2, -0.15) is 0 Å². The van der Waals surface area contributed by atoms with Crippen LogP contribution >= 0.6 is 0 Å². The van der Waals surface area contributed by atoms with Crippen molar-refractivity contribution in [2.75, 3.05) is 38.3 Å². The number of aromatic nitrogens is 1. The van der Waals surface area contributed by atoms with Gasteiger partial charge in [-0.15, -0.1) is 0 Å². The van der Waals surface area contributed by atoms with E-state index in [9.17, 15) is 0 Å². The molecule has 108 valence electrons. The maximum absolute atomic E-state index is 5.79. The highest BCUT2D eigenvalue weighted by Gasteiger charge is 2.22. The van der Waals surface area contributed by atoms with Gasteiger partial charge < -0.3 is 18.8 Å². The van der Waals surface area contributed by atoms with Crippen LogP contribution in [0.15, 0.2) is 29.0 Å². The van der Waals surface area contributed by atoms with E-state index in [0.29, 0.717) is 19.3 Å². The first-order valence-corrected chi connectivity index (χ1v) is 7.06. The summed E-state index contributed by atoms with van der Waals surface area (Å²) >= 11 is 0. The minimum Gasteiger partial charge on any atom is -0.464 e. The molecule has 1 aliphatic heterocycles. The van der Waals surface area contributed by atoms with Gasteiger partial charge >= 0.3 is 0 Å². The van der Waals surface area contributed by atoms with Crippen molar-refractivity contribution in [1.82, 2.24) is 4.98 Å². The summed E-state index contributed by atoms with van der Waals surface area (Å²) in [4.78, 5) is 6.82. The lowest BCUT2D eigenvalue weighted by Gasteiger charge is -2.32. The van der Waals surface area contributed by atoms with Crippen LogP contribution in [0, 0.1) is 0 Å². The predicted molar refractivity (Wildman–Crippen MR) is 77.1 cm³/mol. The molecule has 0 N–H and O–H groups in total. The lowest BCUT2D eigenvalue weighted by Crippen LogP contribution is -2.37. The number of methoxy groups -OCH3 is 1. The normalized spacial score (nSPS) is 16.9. The van der Waals surface area contributed by atoms with E-state index in [1.807, 2.05) is 18.3 Å². The van der Waals surface area contributed by atoms with Crippen LogP contribution in [0.5, 0.6) is 0 Å². The summed E-state index contributed by atoms with van der Waals surface area (Å²) in [5, 5.41) is 1.09. The predicted octanol–water partition coefficient (Wildman–Crippen LogP) is 2.46. The lowest BCUT2D eigenvalue weighted by molar-refractivity contribution is 0.00607. The SMILES string of the molecule is COCCOC1CCN(c2nccc3occc23)CC1. The van der Waals surface area contributed by atoms with E-state index in [0.717, 1.165) is 42.7 Å². The van der Waals surface area contributed by atoms with E-state index in [2.05, 4.69) is 9.88 Å². The molecule has 0 unspecified atom stereocenters. The zero-order chi connectivity index (χ0) is 13.8. The van der Waals surface area contributed by atoms with Crippen LogP contribution in [-0.2, 0) is 9.47 Å². The Hall–Kier alpha value is -1.59. The number of ether oxygens (including phenoxy) is 2. The van der Waals surface area contributed by atoms with Gasteiger partial charge in [-0.05, 0) is 25.0 Å². The summed E-state index contributed by atoms with van der Waals surface area (Å²) in [5.74, 6) is 1.02. The molecule has 5 nitrogen and oxygen atoms in total. The summed E-state index contributed by atoms with van der Waals surface area (Å²) in [6.45, 7) is 3.27. The zero-order valence-electron chi connectivity index (χ0n) is 11.7. The highest BCUT2D eigenvalue weighted by atomic mass is 16.5. The molecule has 1 fully saturated rings. The van der Waals surface area contributed by atoms with Crippen molar-refractivity contribution in [3.05, 3.63) is 24.6 Å². The first-order chi connectivity index (χ1) is 9.88. The maximum Gasteiger partial charge on any atom is 0.139 e. The monoisotopic (exact) mass is 276 g/mol. The zero-order valence-corrected chi connectivity index (χ0v) is 11.7. The fraction of sp³-hybridized carbons (Fsp3) is 0.533. The van der Waals surface area contributed by atoms with Gasteiger partial charge in [0.05, 0.1) is 31.0 Å². The molecular formula is C15H20N2O3. The fourth-order valence-electron chi connectivity index (χ4n) is 2.66. The van der Waals surface area contributed by atoms with E-state index in [1.165, 1.54) is 0 Å². The molecule has 0 aliphatic carbocycles. The van der Waals surface area contributed by atoms with E-state index in [1.54, 1.807) is 13.4 Å². The minimum absolute atomic E-state index is 0.338. The molecular weight excluding hydrogens is 256 g/mol. The van der Waals surface area contributed by atoms with Crippen LogP contribution in [0.2, 0.25) is 0 Å². The van der Waals surface area contributed by atoms with Crippen molar-refractivity contribution in [1.29, 1.82) is 0 Å². The van der Waals surface area contributed by atoms with Crippen LogP contribution in [0.1, 0.15) is 12.8 Å². The molecule has 0 saturated carbocycles. The van der Waals surface area contributed by atoms with Gasteiger partial charge in [-0.1, -0.05) is 0 Å². The minimum atomic E-state index is 0.338. The van der Waals surface area contributed by atoms with E-state index in [4.69, 9.17) is 13.9 Å². The Kier molecular flexibility index (Phi) is 4.18. The van der Waals surface area contributed by atoms with Gasteiger partial charge in [-0.3, -0.25) is 0 Å². The van der Waals surface area contributed by atoms with Crippen molar-refractivity contribution in [3.63, 3.8) is 0 Å². The van der Waals surface area contributed by atoms with Gasteiger partial charge in [0, 0.05) is 26.4 Å². The van der Waals surface area contributed by atoms with Crippen LogP contribution in [0.4, 0.5) is 5.82 Å². The van der Waals surface area contributed by atoms with E-state index >= 15 is 0 Å². The highest BCUT2D eigenvalue weighted by Crippen LogP contribution is 2.27. The first kappa shape index (κ1) is 13.4. The molecule has 2 aromatic heterocycles. The third-order valence-corrected chi connectivity index (χ3v) is 3.74. The quantitative estimate of drug-likeness (QED) is 0.785. The van der Waals surface area contributed by atoms with Crippen LogP contribution < -0.4 is 4.90 Å². The largest absolute Gasteiger partial charge is 0.464 e. The van der Waals surface area contributed by atoms with Crippen molar-refractivity contribution >= 4 is 16.8 Å². The van der Waals surface area contributed by atoms with Gasteiger partial charge in [0.15, 0.2) is 0 Å². The third kappa shape index (κ3) is 2.78. The standard InChI is InChI=1S/C15H20N2O3/c1-18-10-11-19-12-3-7-17(8-4-12)15-13-5-9-20-14(13)2-6-16-15/h2,5-6,9,12H,3-4,7-8,10-11H2,1H3. The Bertz CT molecular complexity index is 547. The molecule has 0 atom stereocenters. The molecule has 0 bridgehead atoms. The van der Waals surface area contributed by atoms with E-state index < -0.39 is 0 Å². The summed E-state index contributed by atoms with van der Waals surface area (Å²) in [6, 6.07) is 3.89.